The number of nitrogens with one attached hydrogen (secondary N) is 1. The van der Waals surface area contributed by atoms with Crippen molar-refractivity contribution in [1.82, 2.24) is 9.62 Å². The number of nitro groups is 1. The molecule has 0 saturated carbocycles. The minimum Gasteiger partial charge on any atom is -0.358 e. The van der Waals surface area contributed by atoms with E-state index in [1.807, 2.05) is 18.2 Å². The van der Waals surface area contributed by atoms with Crippen molar-refractivity contribution in [2.75, 3.05) is 7.05 Å². The van der Waals surface area contributed by atoms with E-state index in [4.69, 9.17) is 0 Å². The number of benzene rings is 2. The van der Waals surface area contributed by atoms with Gasteiger partial charge in [0, 0.05) is 25.2 Å². The number of fused-ring (bicyclic) bond motifs is 1. The second-order valence-corrected chi connectivity index (χ2v) is 8.25. The number of hydrogen-bond donors (Lipinski definition) is 1. The van der Waals surface area contributed by atoms with Crippen molar-refractivity contribution in [1.29, 1.82) is 0 Å². The van der Waals surface area contributed by atoms with Gasteiger partial charge in [0.05, 0.1) is 9.82 Å². The second kappa shape index (κ2) is 7.09. The molecule has 2 aromatic rings. The summed E-state index contributed by atoms with van der Waals surface area (Å²) in [5.74, 6) is -0.422. The summed E-state index contributed by atoms with van der Waals surface area (Å²) < 4.78 is 27.6. The molecule has 0 spiro atoms. The SMILES string of the molecule is CNC(=O)C1Cc2ccccc2CN1S(=O)(=O)c1ccc(C)c([N+](=O)[O-])c1. The van der Waals surface area contributed by atoms with Gasteiger partial charge in [-0.3, -0.25) is 14.9 Å². The van der Waals surface area contributed by atoms with Crippen LogP contribution in [0.25, 0.3) is 0 Å². The Hall–Kier alpha value is -2.78. The Balaban J connectivity index is 2.10. The molecule has 0 bridgehead atoms. The highest BCUT2D eigenvalue weighted by molar-refractivity contribution is 7.89. The van der Waals surface area contributed by atoms with Gasteiger partial charge in [0.2, 0.25) is 15.9 Å². The summed E-state index contributed by atoms with van der Waals surface area (Å²) in [5, 5.41) is 13.7. The average molecular weight is 389 g/mol. The lowest BCUT2D eigenvalue weighted by Crippen LogP contribution is -2.51. The van der Waals surface area contributed by atoms with Crippen LogP contribution in [-0.2, 0) is 27.8 Å². The molecule has 142 valence electrons. The van der Waals surface area contributed by atoms with Crippen LogP contribution in [0.15, 0.2) is 47.4 Å². The Kier molecular flexibility index (Phi) is 4.99. The van der Waals surface area contributed by atoms with Crippen LogP contribution in [0, 0.1) is 17.0 Å². The third kappa shape index (κ3) is 3.43. The summed E-state index contributed by atoms with van der Waals surface area (Å²) in [6.07, 6.45) is 0.239. The number of aryl methyl sites for hydroxylation is 1. The van der Waals surface area contributed by atoms with E-state index in [0.717, 1.165) is 21.5 Å². The number of sulfonamides is 1. The van der Waals surface area contributed by atoms with Crippen molar-refractivity contribution in [3.8, 4) is 0 Å². The highest BCUT2D eigenvalue weighted by Gasteiger charge is 2.39. The molecule has 1 heterocycles. The van der Waals surface area contributed by atoms with Crippen LogP contribution in [0.2, 0.25) is 0 Å². The lowest BCUT2D eigenvalue weighted by atomic mass is 9.95. The van der Waals surface area contributed by atoms with Crippen LogP contribution in [0.4, 0.5) is 5.69 Å². The van der Waals surface area contributed by atoms with Gasteiger partial charge >= 0.3 is 0 Å². The maximum Gasteiger partial charge on any atom is 0.273 e. The van der Waals surface area contributed by atoms with Crippen molar-refractivity contribution in [3.63, 3.8) is 0 Å². The molecule has 8 nitrogen and oxygen atoms in total. The van der Waals surface area contributed by atoms with Crippen LogP contribution in [0.1, 0.15) is 16.7 Å². The highest BCUT2D eigenvalue weighted by Crippen LogP contribution is 2.31. The number of carbonyl (C=O) groups is 1. The summed E-state index contributed by atoms with van der Waals surface area (Å²) in [7, 11) is -2.66. The first-order valence-corrected chi connectivity index (χ1v) is 9.75. The van der Waals surface area contributed by atoms with Crippen molar-refractivity contribution in [2.24, 2.45) is 0 Å². The molecule has 1 aliphatic heterocycles. The first-order chi connectivity index (χ1) is 12.8. The Labute approximate surface area is 157 Å². The lowest BCUT2D eigenvalue weighted by Gasteiger charge is -2.34. The molecular formula is C18H19N3O5S. The summed E-state index contributed by atoms with van der Waals surface area (Å²) in [5.41, 5.74) is 1.81. The second-order valence-electron chi connectivity index (χ2n) is 6.36. The van der Waals surface area contributed by atoms with Gasteiger partial charge in [-0.1, -0.05) is 30.3 Å². The smallest absolute Gasteiger partial charge is 0.273 e. The van der Waals surface area contributed by atoms with Crippen molar-refractivity contribution in [2.45, 2.75) is 30.8 Å². The van der Waals surface area contributed by atoms with E-state index in [9.17, 15) is 23.3 Å². The van der Waals surface area contributed by atoms with Gasteiger partial charge in [-0.15, -0.1) is 0 Å². The summed E-state index contributed by atoms with van der Waals surface area (Å²) in [6, 6.07) is 10.2. The molecule has 1 aliphatic rings. The predicted molar refractivity (Wildman–Crippen MR) is 98.6 cm³/mol. The monoisotopic (exact) mass is 389 g/mol. The molecule has 1 atom stereocenters. The largest absolute Gasteiger partial charge is 0.358 e. The number of nitrogens with zero attached hydrogens (tertiary/aromatic N) is 2. The van der Waals surface area contributed by atoms with Gasteiger partial charge in [0.25, 0.3) is 5.69 Å². The van der Waals surface area contributed by atoms with E-state index < -0.39 is 26.9 Å². The van der Waals surface area contributed by atoms with Gasteiger partial charge in [0.15, 0.2) is 0 Å². The molecule has 0 aliphatic carbocycles. The molecular weight excluding hydrogens is 370 g/mol. The molecule has 0 fully saturated rings. The number of rotatable bonds is 4. The quantitative estimate of drug-likeness (QED) is 0.633. The summed E-state index contributed by atoms with van der Waals surface area (Å²) in [6.45, 7) is 1.57. The minimum atomic E-state index is -4.11. The third-order valence-corrected chi connectivity index (χ3v) is 6.59. The summed E-state index contributed by atoms with van der Waals surface area (Å²) in [4.78, 5) is 22.7. The topological polar surface area (TPSA) is 110 Å². The first-order valence-electron chi connectivity index (χ1n) is 8.31. The summed E-state index contributed by atoms with van der Waals surface area (Å²) >= 11 is 0. The molecule has 27 heavy (non-hydrogen) atoms. The first kappa shape index (κ1) is 19.0. The predicted octanol–water partition coefficient (Wildman–Crippen LogP) is 1.76. The standard InChI is InChI=1S/C18H19N3O5S/c1-12-7-8-15(10-16(12)21(23)24)27(25,26)20-11-14-6-4-3-5-13(14)9-17(20)18(22)19-2/h3-8,10,17H,9,11H2,1-2H3,(H,19,22). The zero-order chi connectivity index (χ0) is 19.8. The fourth-order valence-electron chi connectivity index (χ4n) is 3.22. The van der Waals surface area contributed by atoms with Gasteiger partial charge in [-0.25, -0.2) is 8.42 Å². The zero-order valence-corrected chi connectivity index (χ0v) is 15.7. The molecule has 1 unspecified atom stereocenters. The average Bonchev–Trinajstić information content (AvgIpc) is 2.66. The van der Waals surface area contributed by atoms with E-state index in [-0.39, 0.29) is 23.5 Å². The molecule has 0 aromatic heterocycles. The van der Waals surface area contributed by atoms with Gasteiger partial charge in [-0.2, -0.15) is 4.31 Å². The maximum absolute atomic E-state index is 13.2. The zero-order valence-electron chi connectivity index (χ0n) is 14.9. The molecule has 0 saturated heterocycles. The van der Waals surface area contributed by atoms with Crippen LogP contribution in [-0.4, -0.2) is 36.6 Å². The maximum atomic E-state index is 13.2. The number of nitro benzene ring substituents is 1. The van der Waals surface area contributed by atoms with Crippen LogP contribution in [0.5, 0.6) is 0 Å². The number of likely N-dealkylation sites (N-methyl/N-ethyl adjacent to an activating group) is 1. The molecule has 1 N–H and O–H groups in total. The van der Waals surface area contributed by atoms with Crippen LogP contribution in [0.3, 0.4) is 0 Å². The fraction of sp³-hybridized carbons (Fsp3) is 0.278. The van der Waals surface area contributed by atoms with E-state index >= 15 is 0 Å². The number of hydrogen-bond acceptors (Lipinski definition) is 5. The Morgan fingerprint density at radius 3 is 2.52 bits per heavy atom. The lowest BCUT2D eigenvalue weighted by molar-refractivity contribution is -0.385. The third-order valence-electron chi connectivity index (χ3n) is 4.74. The Bertz CT molecular complexity index is 1020. The van der Waals surface area contributed by atoms with E-state index in [2.05, 4.69) is 5.32 Å². The number of amides is 1. The molecule has 2 aromatic carbocycles. The minimum absolute atomic E-state index is 0.0261. The molecule has 1 amide bonds. The van der Waals surface area contributed by atoms with Crippen molar-refractivity contribution >= 4 is 21.6 Å². The van der Waals surface area contributed by atoms with Gasteiger partial charge < -0.3 is 5.32 Å². The Morgan fingerprint density at radius 2 is 1.89 bits per heavy atom. The molecule has 0 radical (unpaired) electrons. The van der Waals surface area contributed by atoms with Crippen molar-refractivity contribution in [3.05, 3.63) is 69.3 Å². The van der Waals surface area contributed by atoms with E-state index in [1.54, 1.807) is 13.0 Å². The molecule has 3 rings (SSSR count). The van der Waals surface area contributed by atoms with Crippen LogP contribution < -0.4 is 5.32 Å². The highest BCUT2D eigenvalue weighted by atomic mass is 32.2. The van der Waals surface area contributed by atoms with E-state index in [0.29, 0.717) is 5.56 Å². The van der Waals surface area contributed by atoms with Crippen LogP contribution >= 0.6 is 0 Å². The number of carbonyl (C=O) groups excluding carboxylic acids is 1. The molecule has 9 heteroatoms. The van der Waals surface area contributed by atoms with Gasteiger partial charge in [0.1, 0.15) is 6.04 Å². The van der Waals surface area contributed by atoms with Gasteiger partial charge in [-0.05, 0) is 30.5 Å². The Morgan fingerprint density at radius 1 is 1.22 bits per heavy atom. The van der Waals surface area contributed by atoms with E-state index in [1.165, 1.54) is 19.2 Å². The van der Waals surface area contributed by atoms with Crippen molar-refractivity contribution < 1.29 is 18.1 Å². The fourth-order valence-corrected chi connectivity index (χ4v) is 4.81. The normalized spacial score (nSPS) is 17.2.